The Morgan fingerprint density at radius 3 is 2.42 bits per heavy atom. The predicted molar refractivity (Wildman–Crippen MR) is 73.2 cm³/mol. The van der Waals surface area contributed by atoms with Crippen LogP contribution in [0.2, 0.25) is 0 Å². The van der Waals surface area contributed by atoms with Gasteiger partial charge in [-0.25, -0.2) is 0 Å². The highest BCUT2D eigenvalue weighted by atomic mass is 16.4. The maximum Gasteiger partial charge on any atom is 0.305 e. The summed E-state index contributed by atoms with van der Waals surface area (Å²) in [4.78, 5) is 24.8. The van der Waals surface area contributed by atoms with Crippen LogP contribution in [0, 0.1) is 0 Å². The van der Waals surface area contributed by atoms with E-state index >= 15 is 0 Å². The number of carboxylic acid groups (broad SMARTS) is 1. The average Bonchev–Trinajstić information content (AvgIpc) is 2.76. The van der Waals surface area contributed by atoms with Crippen molar-refractivity contribution in [3.05, 3.63) is 24.0 Å². The highest BCUT2D eigenvalue weighted by Gasteiger charge is 2.22. The summed E-state index contributed by atoms with van der Waals surface area (Å²) >= 11 is 0. The van der Waals surface area contributed by atoms with E-state index in [2.05, 4.69) is 0 Å². The van der Waals surface area contributed by atoms with Crippen LogP contribution in [0.4, 0.5) is 0 Å². The van der Waals surface area contributed by atoms with E-state index < -0.39 is 5.97 Å². The van der Waals surface area contributed by atoms with Crippen LogP contribution in [-0.4, -0.2) is 39.0 Å². The molecule has 0 bridgehead atoms. The van der Waals surface area contributed by atoms with E-state index in [-0.39, 0.29) is 31.0 Å². The molecule has 0 fully saturated rings. The Bertz CT molecular complexity index is 449. The summed E-state index contributed by atoms with van der Waals surface area (Å²) in [5.41, 5.74) is 0.606. The minimum atomic E-state index is -0.891. The molecule has 0 saturated carbocycles. The predicted octanol–water partition coefficient (Wildman–Crippen LogP) is 2.39. The molecule has 1 amide bonds. The number of nitrogens with zero attached hydrogens (tertiary/aromatic N) is 2. The summed E-state index contributed by atoms with van der Waals surface area (Å²) in [5, 5.41) is 8.76. The number of carbonyl (C=O) groups is 2. The molecule has 1 rings (SSSR count). The van der Waals surface area contributed by atoms with Crippen molar-refractivity contribution < 1.29 is 14.7 Å². The number of carboxylic acids is 1. The number of hydrogen-bond acceptors (Lipinski definition) is 2. The lowest BCUT2D eigenvalue weighted by Crippen LogP contribution is -2.39. The Morgan fingerprint density at radius 1 is 1.32 bits per heavy atom. The van der Waals surface area contributed by atoms with Crippen molar-refractivity contribution in [3.63, 3.8) is 0 Å². The quantitative estimate of drug-likeness (QED) is 0.860. The molecular weight excluding hydrogens is 244 g/mol. The number of amides is 1. The normalized spacial score (nSPS) is 11.1. The first-order chi connectivity index (χ1) is 8.84. The molecule has 106 valence electrons. The molecule has 1 aromatic heterocycles. The number of aromatic nitrogens is 1. The molecule has 0 radical (unpaired) electrons. The third kappa shape index (κ3) is 3.84. The summed E-state index contributed by atoms with van der Waals surface area (Å²) in [5.74, 6) is -1.01. The van der Waals surface area contributed by atoms with Gasteiger partial charge in [-0.3, -0.25) is 9.59 Å². The molecule has 0 atom stereocenters. The van der Waals surface area contributed by atoms with E-state index in [1.54, 1.807) is 11.0 Å². The zero-order valence-electron chi connectivity index (χ0n) is 12.0. The molecule has 1 aromatic rings. The lowest BCUT2D eigenvalue weighted by molar-refractivity contribution is -0.137. The second kappa shape index (κ2) is 6.41. The summed E-state index contributed by atoms with van der Waals surface area (Å²) in [6, 6.07) is 3.78. The van der Waals surface area contributed by atoms with Crippen molar-refractivity contribution in [3.8, 4) is 0 Å². The van der Waals surface area contributed by atoms with Gasteiger partial charge in [0.2, 0.25) is 0 Å². The first kappa shape index (κ1) is 15.3. The fourth-order valence-electron chi connectivity index (χ4n) is 1.98. The van der Waals surface area contributed by atoms with E-state index in [0.29, 0.717) is 5.69 Å². The maximum absolute atomic E-state index is 12.5. The van der Waals surface area contributed by atoms with E-state index in [0.717, 1.165) is 0 Å². The van der Waals surface area contributed by atoms with Crippen LogP contribution < -0.4 is 0 Å². The van der Waals surface area contributed by atoms with Gasteiger partial charge in [0.1, 0.15) is 5.69 Å². The van der Waals surface area contributed by atoms with Crippen LogP contribution in [0.1, 0.15) is 50.6 Å². The van der Waals surface area contributed by atoms with Gasteiger partial charge in [0.15, 0.2) is 0 Å². The molecular formula is C14H22N2O3. The topological polar surface area (TPSA) is 62.5 Å². The molecule has 5 heteroatoms. The zero-order chi connectivity index (χ0) is 14.6. The molecule has 1 N–H and O–H groups in total. The lowest BCUT2D eigenvalue weighted by atomic mass is 10.2. The van der Waals surface area contributed by atoms with Crippen molar-refractivity contribution in [2.24, 2.45) is 0 Å². The van der Waals surface area contributed by atoms with Gasteiger partial charge in [0.25, 0.3) is 5.91 Å². The Labute approximate surface area is 113 Å². The van der Waals surface area contributed by atoms with Crippen molar-refractivity contribution in [2.75, 3.05) is 6.54 Å². The van der Waals surface area contributed by atoms with Gasteiger partial charge in [0, 0.05) is 24.8 Å². The van der Waals surface area contributed by atoms with Gasteiger partial charge >= 0.3 is 5.97 Å². The molecule has 1 heterocycles. The third-order valence-electron chi connectivity index (χ3n) is 3.01. The van der Waals surface area contributed by atoms with Gasteiger partial charge in [-0.2, -0.15) is 0 Å². The van der Waals surface area contributed by atoms with E-state index in [4.69, 9.17) is 5.11 Å². The lowest BCUT2D eigenvalue weighted by Gasteiger charge is -2.27. The second-order valence-corrected chi connectivity index (χ2v) is 5.13. The van der Waals surface area contributed by atoms with Crippen molar-refractivity contribution in [1.82, 2.24) is 9.47 Å². The summed E-state index contributed by atoms with van der Waals surface area (Å²) in [7, 11) is 0. The van der Waals surface area contributed by atoms with Crippen LogP contribution in [0.25, 0.3) is 0 Å². The Hall–Kier alpha value is -1.78. The van der Waals surface area contributed by atoms with Crippen LogP contribution >= 0.6 is 0 Å². The van der Waals surface area contributed by atoms with Crippen LogP contribution in [-0.2, 0) is 4.79 Å². The Morgan fingerprint density at radius 2 is 1.95 bits per heavy atom. The van der Waals surface area contributed by atoms with Gasteiger partial charge in [-0.1, -0.05) is 0 Å². The minimum Gasteiger partial charge on any atom is -0.481 e. The van der Waals surface area contributed by atoms with Gasteiger partial charge in [0.05, 0.1) is 6.42 Å². The number of rotatable bonds is 6. The maximum atomic E-state index is 12.5. The Balaban J connectivity index is 2.93. The summed E-state index contributed by atoms with van der Waals surface area (Å²) < 4.78 is 1.90. The summed E-state index contributed by atoms with van der Waals surface area (Å²) in [6.45, 7) is 8.03. The largest absolute Gasteiger partial charge is 0.481 e. The number of aliphatic carboxylic acids is 1. The molecule has 0 aromatic carbocycles. The van der Waals surface area contributed by atoms with Gasteiger partial charge < -0.3 is 14.6 Å². The molecule has 19 heavy (non-hydrogen) atoms. The van der Waals surface area contributed by atoms with Crippen molar-refractivity contribution in [1.29, 1.82) is 0 Å². The third-order valence-corrected chi connectivity index (χ3v) is 3.01. The van der Waals surface area contributed by atoms with E-state index in [9.17, 15) is 9.59 Å². The molecule has 0 saturated heterocycles. The molecule has 5 nitrogen and oxygen atoms in total. The standard InChI is InChI=1S/C14H22N2O3/c1-10(2)15-8-5-6-12(15)14(19)16(11(3)4)9-7-13(17)18/h5-6,8,10-11H,7,9H2,1-4H3,(H,17,18). The second-order valence-electron chi connectivity index (χ2n) is 5.13. The van der Waals surface area contributed by atoms with Crippen molar-refractivity contribution >= 4 is 11.9 Å². The Kier molecular flexibility index (Phi) is 5.15. The first-order valence-corrected chi connectivity index (χ1v) is 6.54. The molecule has 0 spiro atoms. The van der Waals surface area contributed by atoms with Crippen molar-refractivity contribution in [2.45, 2.75) is 46.2 Å². The molecule has 0 aliphatic heterocycles. The van der Waals surface area contributed by atoms with Crippen LogP contribution in [0.3, 0.4) is 0 Å². The number of carbonyl (C=O) groups excluding carboxylic acids is 1. The van der Waals surface area contributed by atoms with E-state index in [1.165, 1.54) is 0 Å². The van der Waals surface area contributed by atoms with Crippen LogP contribution in [0.5, 0.6) is 0 Å². The highest BCUT2D eigenvalue weighted by molar-refractivity contribution is 5.93. The highest BCUT2D eigenvalue weighted by Crippen LogP contribution is 2.15. The number of hydrogen-bond donors (Lipinski definition) is 1. The molecule has 0 aliphatic carbocycles. The van der Waals surface area contributed by atoms with Gasteiger partial charge in [-0.15, -0.1) is 0 Å². The molecule has 0 unspecified atom stereocenters. The monoisotopic (exact) mass is 266 g/mol. The minimum absolute atomic E-state index is 0.0256. The molecule has 0 aliphatic rings. The zero-order valence-corrected chi connectivity index (χ0v) is 12.0. The van der Waals surface area contributed by atoms with Crippen LogP contribution in [0.15, 0.2) is 18.3 Å². The smallest absolute Gasteiger partial charge is 0.305 e. The first-order valence-electron chi connectivity index (χ1n) is 6.54. The van der Waals surface area contributed by atoms with Gasteiger partial charge in [-0.05, 0) is 39.8 Å². The summed E-state index contributed by atoms with van der Waals surface area (Å²) in [6.07, 6.45) is 1.83. The fourth-order valence-corrected chi connectivity index (χ4v) is 1.98. The SMILES string of the molecule is CC(C)N(CCC(=O)O)C(=O)c1cccn1C(C)C. The fraction of sp³-hybridized carbons (Fsp3) is 0.571. The van der Waals surface area contributed by atoms with E-state index in [1.807, 2.05) is 44.5 Å². The average molecular weight is 266 g/mol.